The summed E-state index contributed by atoms with van der Waals surface area (Å²) in [7, 11) is -4.01. The van der Waals surface area contributed by atoms with Crippen molar-refractivity contribution in [2.75, 3.05) is 0 Å². The molecular formula is C26H24FIN4O2S. The molecule has 0 fully saturated rings. The molecule has 0 saturated carbocycles. The summed E-state index contributed by atoms with van der Waals surface area (Å²) >= 11 is 2.00. The molecule has 0 aliphatic carbocycles. The second-order valence-electron chi connectivity index (χ2n) is 8.23. The lowest BCUT2D eigenvalue weighted by Gasteiger charge is -2.30. The maximum atomic E-state index is 13.9. The number of halogens is 2. The lowest BCUT2D eigenvalue weighted by atomic mass is 10.1. The molecule has 35 heavy (non-hydrogen) atoms. The standard InChI is InChI=1S/C26H24FIN4O2S/c1-18-4-10-22(11-5-18)25-16-29-32(30-25)26(20(3)28)31(17-21-8-12-23(27)13-9-21)35(33,34)24-14-6-19(2)7-15-24/h4-16,26H,3,17H2,1-2H3/t26-/m0/s1. The Morgan fingerprint density at radius 1 is 1.00 bits per heavy atom. The van der Waals surface area contributed by atoms with E-state index in [1.165, 1.54) is 21.2 Å². The lowest BCUT2D eigenvalue weighted by Crippen LogP contribution is -2.38. The number of rotatable bonds is 8. The highest BCUT2D eigenvalue weighted by Gasteiger charge is 2.35. The molecule has 0 aliphatic rings. The van der Waals surface area contributed by atoms with Gasteiger partial charge in [-0.25, -0.2) is 12.8 Å². The van der Waals surface area contributed by atoms with Gasteiger partial charge in [-0.05, 0) is 66.3 Å². The summed E-state index contributed by atoms with van der Waals surface area (Å²) in [5, 5.41) is 9.01. The van der Waals surface area contributed by atoms with Crippen molar-refractivity contribution in [3.05, 3.63) is 112 Å². The van der Waals surface area contributed by atoms with Crippen molar-refractivity contribution in [1.82, 2.24) is 19.3 Å². The fourth-order valence-electron chi connectivity index (χ4n) is 3.57. The largest absolute Gasteiger partial charge is 0.245 e. The first kappa shape index (κ1) is 25.2. The third-order valence-electron chi connectivity index (χ3n) is 5.51. The molecule has 0 saturated heterocycles. The number of hydrogen-bond donors (Lipinski definition) is 0. The van der Waals surface area contributed by atoms with E-state index in [0.717, 1.165) is 16.7 Å². The molecule has 0 bridgehead atoms. The second-order valence-corrected chi connectivity index (χ2v) is 11.5. The van der Waals surface area contributed by atoms with E-state index < -0.39 is 22.0 Å². The van der Waals surface area contributed by atoms with Gasteiger partial charge in [0.1, 0.15) is 11.5 Å². The van der Waals surface area contributed by atoms with Gasteiger partial charge in [0, 0.05) is 15.7 Å². The van der Waals surface area contributed by atoms with Crippen LogP contribution in [0.3, 0.4) is 0 Å². The molecule has 0 radical (unpaired) electrons. The zero-order valence-electron chi connectivity index (χ0n) is 19.3. The zero-order valence-corrected chi connectivity index (χ0v) is 22.2. The SMILES string of the molecule is C=C(I)[C@@H](N(Cc1ccc(F)cc1)S(=O)(=O)c1ccc(C)cc1)n1ncc(-c2ccc(C)cc2)n1. The van der Waals surface area contributed by atoms with Crippen molar-refractivity contribution in [1.29, 1.82) is 0 Å². The summed E-state index contributed by atoms with van der Waals surface area (Å²) in [5.41, 5.74) is 4.17. The van der Waals surface area contributed by atoms with Crippen molar-refractivity contribution in [3.8, 4) is 11.3 Å². The van der Waals surface area contributed by atoms with E-state index in [9.17, 15) is 12.8 Å². The molecule has 0 aliphatic heterocycles. The molecule has 0 N–H and O–H groups in total. The van der Waals surface area contributed by atoms with E-state index in [0.29, 0.717) is 14.8 Å². The van der Waals surface area contributed by atoms with Crippen LogP contribution in [0.1, 0.15) is 22.9 Å². The van der Waals surface area contributed by atoms with Crippen LogP contribution in [0.4, 0.5) is 4.39 Å². The van der Waals surface area contributed by atoms with Gasteiger partial charge >= 0.3 is 0 Å². The average Bonchev–Trinajstić information content (AvgIpc) is 3.30. The zero-order chi connectivity index (χ0) is 25.2. The van der Waals surface area contributed by atoms with Gasteiger partial charge in [0.05, 0.1) is 11.1 Å². The highest BCUT2D eigenvalue weighted by atomic mass is 127. The van der Waals surface area contributed by atoms with Gasteiger partial charge in [-0.1, -0.05) is 66.2 Å². The van der Waals surface area contributed by atoms with Crippen LogP contribution in [0.2, 0.25) is 0 Å². The Balaban J connectivity index is 1.80. The van der Waals surface area contributed by atoms with Crippen molar-refractivity contribution in [2.24, 2.45) is 0 Å². The van der Waals surface area contributed by atoms with Crippen LogP contribution in [-0.4, -0.2) is 27.7 Å². The van der Waals surface area contributed by atoms with Gasteiger partial charge in [-0.15, -0.1) is 0 Å². The smallest absolute Gasteiger partial charge is 0.207 e. The van der Waals surface area contributed by atoms with Gasteiger partial charge in [-0.3, -0.25) is 0 Å². The van der Waals surface area contributed by atoms with E-state index in [4.69, 9.17) is 0 Å². The first-order valence-electron chi connectivity index (χ1n) is 10.8. The van der Waals surface area contributed by atoms with Crippen molar-refractivity contribution in [3.63, 3.8) is 0 Å². The number of benzene rings is 3. The molecule has 4 rings (SSSR count). The van der Waals surface area contributed by atoms with Crippen molar-refractivity contribution in [2.45, 2.75) is 31.5 Å². The molecule has 1 aromatic heterocycles. The van der Waals surface area contributed by atoms with Crippen LogP contribution in [0.25, 0.3) is 11.3 Å². The van der Waals surface area contributed by atoms with E-state index in [1.54, 1.807) is 42.6 Å². The minimum atomic E-state index is -4.01. The molecule has 3 aromatic carbocycles. The minimum absolute atomic E-state index is 0.0232. The Bertz CT molecular complexity index is 1430. The number of hydrogen-bond acceptors (Lipinski definition) is 4. The molecule has 1 heterocycles. The predicted octanol–water partition coefficient (Wildman–Crippen LogP) is 6.04. The summed E-state index contributed by atoms with van der Waals surface area (Å²) in [4.78, 5) is 1.50. The fraction of sp³-hybridized carbons (Fsp3) is 0.154. The molecule has 4 aromatic rings. The monoisotopic (exact) mass is 602 g/mol. The number of aryl methyl sites for hydroxylation is 2. The molecule has 0 amide bonds. The van der Waals surface area contributed by atoms with Crippen LogP contribution in [0.15, 0.2) is 94.0 Å². The summed E-state index contributed by atoms with van der Waals surface area (Å²) in [6.45, 7) is 7.91. The van der Waals surface area contributed by atoms with Crippen LogP contribution >= 0.6 is 22.6 Å². The first-order chi connectivity index (χ1) is 16.6. The predicted molar refractivity (Wildman–Crippen MR) is 143 cm³/mol. The van der Waals surface area contributed by atoms with E-state index in [1.807, 2.05) is 60.7 Å². The van der Waals surface area contributed by atoms with Crippen LogP contribution in [-0.2, 0) is 16.6 Å². The minimum Gasteiger partial charge on any atom is -0.207 e. The van der Waals surface area contributed by atoms with Crippen molar-refractivity contribution < 1.29 is 12.8 Å². The quantitative estimate of drug-likeness (QED) is 0.231. The number of aromatic nitrogens is 3. The van der Waals surface area contributed by atoms with Gasteiger partial charge in [0.2, 0.25) is 10.0 Å². The maximum Gasteiger partial charge on any atom is 0.245 e. The molecule has 0 spiro atoms. The maximum absolute atomic E-state index is 13.9. The Labute approximate surface area is 218 Å². The third kappa shape index (κ3) is 5.68. The fourth-order valence-corrected chi connectivity index (χ4v) is 5.88. The van der Waals surface area contributed by atoms with E-state index in [-0.39, 0.29) is 11.4 Å². The third-order valence-corrected chi connectivity index (χ3v) is 7.88. The molecule has 1 atom stereocenters. The van der Waals surface area contributed by atoms with Crippen molar-refractivity contribution >= 4 is 32.6 Å². The highest BCUT2D eigenvalue weighted by Crippen LogP contribution is 2.33. The second kappa shape index (κ2) is 10.4. The van der Waals surface area contributed by atoms with Crippen LogP contribution < -0.4 is 0 Å². The van der Waals surface area contributed by atoms with E-state index >= 15 is 0 Å². The van der Waals surface area contributed by atoms with E-state index in [2.05, 4.69) is 16.8 Å². The number of sulfonamides is 1. The summed E-state index contributed by atoms with van der Waals surface area (Å²) in [6.07, 6.45) is 0.692. The molecule has 6 nitrogen and oxygen atoms in total. The summed E-state index contributed by atoms with van der Waals surface area (Å²) < 4.78 is 43.1. The Hall–Kier alpha value is -2.89. The topological polar surface area (TPSA) is 68.1 Å². The Kier molecular flexibility index (Phi) is 7.48. The summed E-state index contributed by atoms with van der Waals surface area (Å²) in [6, 6.07) is 20.2. The molecule has 9 heteroatoms. The lowest BCUT2D eigenvalue weighted by molar-refractivity contribution is 0.249. The van der Waals surface area contributed by atoms with Gasteiger partial charge in [0.15, 0.2) is 6.17 Å². The Morgan fingerprint density at radius 2 is 1.57 bits per heavy atom. The van der Waals surface area contributed by atoms with Gasteiger partial charge in [0.25, 0.3) is 0 Å². The molecule has 180 valence electrons. The molecule has 0 unspecified atom stereocenters. The average molecular weight is 602 g/mol. The highest BCUT2D eigenvalue weighted by molar-refractivity contribution is 14.1. The van der Waals surface area contributed by atoms with Gasteiger partial charge in [-0.2, -0.15) is 19.3 Å². The van der Waals surface area contributed by atoms with Crippen LogP contribution in [0, 0.1) is 19.7 Å². The summed E-state index contributed by atoms with van der Waals surface area (Å²) in [5.74, 6) is -0.395. The normalized spacial score (nSPS) is 12.6. The Morgan fingerprint density at radius 3 is 2.14 bits per heavy atom. The first-order valence-corrected chi connectivity index (χ1v) is 13.3. The van der Waals surface area contributed by atoms with Gasteiger partial charge < -0.3 is 0 Å². The number of nitrogens with zero attached hydrogens (tertiary/aromatic N) is 4. The molecular weight excluding hydrogens is 578 g/mol. The van der Waals surface area contributed by atoms with Crippen LogP contribution in [0.5, 0.6) is 0 Å².